The Hall–Kier alpha value is -0.170. The van der Waals surface area contributed by atoms with E-state index in [1.807, 2.05) is 6.92 Å². The maximum Gasteiger partial charge on any atom is 0.215 e. The van der Waals surface area contributed by atoms with Crippen molar-refractivity contribution in [2.75, 3.05) is 32.7 Å². The molecule has 0 amide bonds. The molecule has 0 aromatic heterocycles. The lowest BCUT2D eigenvalue weighted by atomic mass is 9.97. The van der Waals surface area contributed by atoms with Gasteiger partial charge in [-0.25, -0.2) is 13.1 Å². The van der Waals surface area contributed by atoms with Crippen LogP contribution in [0.1, 0.15) is 33.1 Å². The quantitative estimate of drug-likeness (QED) is 0.705. The summed E-state index contributed by atoms with van der Waals surface area (Å²) in [6.45, 7) is 8.03. The molecule has 1 saturated heterocycles. The van der Waals surface area contributed by atoms with Gasteiger partial charge in [-0.1, -0.05) is 13.8 Å². The zero-order valence-electron chi connectivity index (χ0n) is 11.6. The molecule has 5 nitrogen and oxygen atoms in total. The lowest BCUT2D eigenvalue weighted by Gasteiger charge is -2.31. The van der Waals surface area contributed by atoms with Gasteiger partial charge in [0.1, 0.15) is 0 Å². The second-order valence-electron chi connectivity index (χ2n) is 5.04. The summed E-state index contributed by atoms with van der Waals surface area (Å²) < 4.78 is 26.6. The minimum absolute atomic E-state index is 0.195. The van der Waals surface area contributed by atoms with E-state index in [2.05, 4.69) is 16.5 Å². The molecule has 0 aromatic rings. The first-order valence-corrected chi connectivity index (χ1v) is 8.49. The van der Waals surface area contributed by atoms with Crippen molar-refractivity contribution in [3.05, 3.63) is 0 Å². The van der Waals surface area contributed by atoms with Gasteiger partial charge in [0.05, 0.1) is 5.25 Å². The zero-order chi connectivity index (χ0) is 13.6. The van der Waals surface area contributed by atoms with E-state index in [1.165, 1.54) is 0 Å². The molecular weight excluding hydrogens is 250 g/mol. The summed E-state index contributed by atoms with van der Waals surface area (Å²) in [7, 11) is -3.23. The van der Waals surface area contributed by atoms with Gasteiger partial charge in [-0.3, -0.25) is 0 Å². The van der Waals surface area contributed by atoms with Crippen molar-refractivity contribution in [3.63, 3.8) is 0 Å². The standard InChI is InChI=1S/C12H27N3O2S/c1-3-12(9-13)18(16,17)14-10-11-5-7-15(4-2)8-6-11/h11-12,14H,3-10,13H2,1-2H3. The van der Waals surface area contributed by atoms with Crippen molar-refractivity contribution in [2.45, 2.75) is 38.4 Å². The van der Waals surface area contributed by atoms with Crippen LogP contribution >= 0.6 is 0 Å². The number of hydrogen-bond donors (Lipinski definition) is 2. The SMILES string of the molecule is CCC(CN)S(=O)(=O)NCC1CCN(CC)CC1. The second kappa shape index (κ2) is 7.43. The number of nitrogens with one attached hydrogen (secondary N) is 1. The first-order chi connectivity index (χ1) is 8.53. The Balaban J connectivity index is 2.37. The fraction of sp³-hybridized carbons (Fsp3) is 1.00. The van der Waals surface area contributed by atoms with Crippen LogP contribution in [0.4, 0.5) is 0 Å². The Morgan fingerprint density at radius 1 is 1.33 bits per heavy atom. The lowest BCUT2D eigenvalue weighted by Crippen LogP contribution is -2.43. The third kappa shape index (κ3) is 4.50. The van der Waals surface area contributed by atoms with Gasteiger partial charge in [-0.05, 0) is 44.8 Å². The number of piperidine rings is 1. The van der Waals surface area contributed by atoms with Crippen LogP contribution in [0.15, 0.2) is 0 Å². The Bertz CT molecular complexity index is 320. The molecule has 108 valence electrons. The highest BCUT2D eigenvalue weighted by Gasteiger charge is 2.24. The van der Waals surface area contributed by atoms with Gasteiger partial charge in [0.2, 0.25) is 10.0 Å². The molecule has 3 N–H and O–H groups in total. The molecule has 18 heavy (non-hydrogen) atoms. The Kier molecular flexibility index (Phi) is 6.55. The highest BCUT2D eigenvalue weighted by Crippen LogP contribution is 2.16. The molecule has 1 fully saturated rings. The zero-order valence-corrected chi connectivity index (χ0v) is 12.4. The molecule has 1 heterocycles. The molecule has 0 radical (unpaired) electrons. The van der Waals surface area contributed by atoms with E-state index in [4.69, 9.17) is 5.73 Å². The lowest BCUT2D eigenvalue weighted by molar-refractivity contribution is 0.193. The van der Waals surface area contributed by atoms with Gasteiger partial charge in [0, 0.05) is 13.1 Å². The van der Waals surface area contributed by atoms with Gasteiger partial charge in [0.15, 0.2) is 0 Å². The van der Waals surface area contributed by atoms with Gasteiger partial charge < -0.3 is 10.6 Å². The van der Waals surface area contributed by atoms with Crippen molar-refractivity contribution in [3.8, 4) is 0 Å². The topological polar surface area (TPSA) is 75.4 Å². The summed E-state index contributed by atoms with van der Waals surface area (Å²) in [5, 5.41) is -0.451. The van der Waals surface area contributed by atoms with Gasteiger partial charge in [0.25, 0.3) is 0 Å². The maximum atomic E-state index is 12.0. The van der Waals surface area contributed by atoms with Crippen molar-refractivity contribution in [2.24, 2.45) is 11.7 Å². The van der Waals surface area contributed by atoms with Crippen LogP contribution in [-0.2, 0) is 10.0 Å². The van der Waals surface area contributed by atoms with Gasteiger partial charge in [-0.2, -0.15) is 0 Å². The van der Waals surface area contributed by atoms with Crippen LogP contribution < -0.4 is 10.5 Å². The number of likely N-dealkylation sites (tertiary alicyclic amines) is 1. The summed E-state index contributed by atoms with van der Waals surface area (Å²) >= 11 is 0. The van der Waals surface area contributed by atoms with E-state index in [0.29, 0.717) is 18.9 Å². The van der Waals surface area contributed by atoms with E-state index < -0.39 is 15.3 Å². The molecule has 0 aliphatic carbocycles. The molecule has 0 spiro atoms. The van der Waals surface area contributed by atoms with Crippen LogP contribution in [-0.4, -0.2) is 51.3 Å². The monoisotopic (exact) mass is 277 g/mol. The highest BCUT2D eigenvalue weighted by atomic mass is 32.2. The van der Waals surface area contributed by atoms with E-state index in [9.17, 15) is 8.42 Å². The number of sulfonamides is 1. The Morgan fingerprint density at radius 3 is 2.39 bits per heavy atom. The molecule has 1 aliphatic heterocycles. The highest BCUT2D eigenvalue weighted by molar-refractivity contribution is 7.90. The smallest absolute Gasteiger partial charge is 0.215 e. The van der Waals surface area contributed by atoms with E-state index in [-0.39, 0.29) is 6.54 Å². The van der Waals surface area contributed by atoms with Gasteiger partial charge >= 0.3 is 0 Å². The average Bonchev–Trinajstić information content (AvgIpc) is 2.38. The fourth-order valence-corrected chi connectivity index (χ4v) is 3.77. The largest absolute Gasteiger partial charge is 0.329 e. The molecular formula is C12H27N3O2S. The van der Waals surface area contributed by atoms with E-state index in [0.717, 1.165) is 32.5 Å². The molecule has 1 aliphatic rings. The van der Waals surface area contributed by atoms with Crippen LogP contribution in [0.5, 0.6) is 0 Å². The summed E-state index contributed by atoms with van der Waals surface area (Å²) in [5.41, 5.74) is 5.49. The minimum atomic E-state index is -3.23. The summed E-state index contributed by atoms with van der Waals surface area (Å²) in [6.07, 6.45) is 2.73. The second-order valence-corrected chi connectivity index (χ2v) is 7.08. The van der Waals surface area contributed by atoms with Crippen molar-refractivity contribution >= 4 is 10.0 Å². The first kappa shape index (κ1) is 15.9. The molecule has 0 bridgehead atoms. The molecule has 1 rings (SSSR count). The first-order valence-electron chi connectivity index (χ1n) is 6.94. The Labute approximate surface area is 111 Å². The average molecular weight is 277 g/mol. The predicted octanol–water partition coefficient (Wildman–Crippen LogP) is 0.375. The normalized spacial score (nSPS) is 21.1. The number of hydrogen-bond acceptors (Lipinski definition) is 4. The van der Waals surface area contributed by atoms with Crippen molar-refractivity contribution < 1.29 is 8.42 Å². The fourth-order valence-electron chi connectivity index (χ4n) is 2.37. The number of nitrogens with zero attached hydrogens (tertiary/aromatic N) is 1. The van der Waals surface area contributed by atoms with Crippen LogP contribution in [0.3, 0.4) is 0 Å². The Morgan fingerprint density at radius 2 is 1.94 bits per heavy atom. The maximum absolute atomic E-state index is 12.0. The molecule has 0 saturated carbocycles. The predicted molar refractivity (Wildman–Crippen MR) is 74.9 cm³/mol. The molecule has 6 heteroatoms. The summed E-state index contributed by atoms with van der Waals surface area (Å²) in [5.74, 6) is 0.470. The third-order valence-electron chi connectivity index (χ3n) is 3.88. The van der Waals surface area contributed by atoms with Crippen LogP contribution in [0.25, 0.3) is 0 Å². The van der Waals surface area contributed by atoms with E-state index >= 15 is 0 Å². The third-order valence-corrected chi connectivity index (χ3v) is 5.86. The van der Waals surface area contributed by atoms with Crippen molar-refractivity contribution in [1.29, 1.82) is 0 Å². The van der Waals surface area contributed by atoms with Gasteiger partial charge in [-0.15, -0.1) is 0 Å². The summed E-state index contributed by atoms with van der Waals surface area (Å²) in [4.78, 5) is 2.40. The number of nitrogens with two attached hydrogens (primary N) is 1. The van der Waals surface area contributed by atoms with Crippen LogP contribution in [0.2, 0.25) is 0 Å². The summed E-state index contributed by atoms with van der Waals surface area (Å²) in [6, 6.07) is 0. The minimum Gasteiger partial charge on any atom is -0.329 e. The molecule has 1 atom stereocenters. The molecule has 0 aromatic carbocycles. The number of rotatable bonds is 7. The van der Waals surface area contributed by atoms with Crippen LogP contribution in [0, 0.1) is 5.92 Å². The van der Waals surface area contributed by atoms with E-state index in [1.54, 1.807) is 0 Å². The van der Waals surface area contributed by atoms with Crippen molar-refractivity contribution in [1.82, 2.24) is 9.62 Å². The molecule has 1 unspecified atom stereocenters.